The molecule has 0 spiro atoms. The summed E-state index contributed by atoms with van der Waals surface area (Å²) < 4.78 is 5.65. The SMILES string of the molecule is CN(CC1CCCCO1)C(=O)NCCc1ccc(Cl)cc1. The maximum atomic E-state index is 12.0. The number of nitrogens with zero attached hydrogens (tertiary/aromatic N) is 1. The van der Waals surface area contributed by atoms with Crippen molar-refractivity contribution >= 4 is 17.6 Å². The van der Waals surface area contributed by atoms with Crippen LogP contribution in [0.5, 0.6) is 0 Å². The summed E-state index contributed by atoms with van der Waals surface area (Å²) in [5, 5.41) is 3.67. The molecule has 21 heavy (non-hydrogen) atoms. The molecule has 2 amide bonds. The lowest BCUT2D eigenvalue weighted by molar-refractivity contribution is 0.00388. The first-order valence-corrected chi connectivity index (χ1v) is 7.88. The highest BCUT2D eigenvalue weighted by atomic mass is 35.5. The van der Waals surface area contributed by atoms with E-state index in [0.717, 1.165) is 36.5 Å². The van der Waals surface area contributed by atoms with Crippen molar-refractivity contribution in [1.29, 1.82) is 0 Å². The predicted octanol–water partition coefficient (Wildman–Crippen LogP) is 3.09. The van der Waals surface area contributed by atoms with Gasteiger partial charge in [-0.25, -0.2) is 4.79 Å². The number of urea groups is 1. The van der Waals surface area contributed by atoms with E-state index in [1.165, 1.54) is 6.42 Å². The standard InChI is InChI=1S/C16H23ClN2O2/c1-19(12-15-4-2-3-11-21-15)16(20)18-10-9-13-5-7-14(17)8-6-13/h5-8,15H,2-4,9-12H2,1H3,(H,18,20). The molecule has 1 aromatic rings. The second kappa shape index (κ2) is 8.25. The average molecular weight is 311 g/mol. The van der Waals surface area contributed by atoms with Crippen LogP contribution in [0, 0.1) is 0 Å². The Hall–Kier alpha value is -1.26. The molecule has 5 heteroatoms. The van der Waals surface area contributed by atoms with E-state index in [9.17, 15) is 4.79 Å². The lowest BCUT2D eigenvalue weighted by Crippen LogP contribution is -2.43. The van der Waals surface area contributed by atoms with Crippen LogP contribution in [0.2, 0.25) is 5.02 Å². The van der Waals surface area contributed by atoms with Crippen molar-refractivity contribution in [1.82, 2.24) is 10.2 Å². The Labute approximate surface area is 131 Å². The quantitative estimate of drug-likeness (QED) is 0.908. The van der Waals surface area contributed by atoms with E-state index in [0.29, 0.717) is 13.1 Å². The first kappa shape index (κ1) is 16.1. The van der Waals surface area contributed by atoms with Crippen molar-refractivity contribution in [2.45, 2.75) is 31.8 Å². The summed E-state index contributed by atoms with van der Waals surface area (Å²) in [5.41, 5.74) is 1.16. The van der Waals surface area contributed by atoms with Gasteiger partial charge in [0.05, 0.1) is 6.10 Å². The number of halogens is 1. The van der Waals surface area contributed by atoms with Crippen LogP contribution < -0.4 is 5.32 Å². The Kier molecular flexibility index (Phi) is 6.33. The minimum atomic E-state index is -0.0434. The third-order valence-corrected chi connectivity index (χ3v) is 3.95. The number of ether oxygens (including phenoxy) is 1. The average Bonchev–Trinajstić information content (AvgIpc) is 2.50. The number of benzene rings is 1. The highest BCUT2D eigenvalue weighted by Gasteiger charge is 2.18. The van der Waals surface area contributed by atoms with Gasteiger partial charge in [-0.05, 0) is 43.4 Å². The third-order valence-electron chi connectivity index (χ3n) is 3.70. The van der Waals surface area contributed by atoms with Crippen LogP contribution in [-0.2, 0) is 11.2 Å². The first-order valence-electron chi connectivity index (χ1n) is 7.50. The lowest BCUT2D eigenvalue weighted by Gasteiger charge is -2.27. The fourth-order valence-electron chi connectivity index (χ4n) is 2.44. The van der Waals surface area contributed by atoms with Gasteiger partial charge in [0.1, 0.15) is 0 Å². The third kappa shape index (κ3) is 5.56. The highest BCUT2D eigenvalue weighted by molar-refractivity contribution is 6.30. The zero-order valence-corrected chi connectivity index (χ0v) is 13.2. The molecule has 1 atom stereocenters. The minimum Gasteiger partial charge on any atom is -0.376 e. The van der Waals surface area contributed by atoms with Gasteiger partial charge in [-0.1, -0.05) is 23.7 Å². The summed E-state index contributed by atoms with van der Waals surface area (Å²) in [7, 11) is 1.82. The monoisotopic (exact) mass is 310 g/mol. The number of likely N-dealkylation sites (N-methyl/N-ethyl adjacent to an activating group) is 1. The summed E-state index contributed by atoms with van der Waals surface area (Å²) in [6.45, 7) is 2.10. The molecular formula is C16H23ClN2O2. The Balaban J connectivity index is 1.67. The Morgan fingerprint density at radius 2 is 2.14 bits per heavy atom. The summed E-state index contributed by atoms with van der Waals surface area (Å²) in [6.07, 6.45) is 4.36. The molecule has 1 aliphatic rings. The van der Waals surface area contributed by atoms with Gasteiger partial charge in [0.15, 0.2) is 0 Å². The Bertz CT molecular complexity index is 444. The molecule has 1 saturated heterocycles. The zero-order chi connectivity index (χ0) is 15.1. The van der Waals surface area contributed by atoms with E-state index < -0.39 is 0 Å². The van der Waals surface area contributed by atoms with Crippen LogP contribution in [0.15, 0.2) is 24.3 Å². The van der Waals surface area contributed by atoms with Gasteiger partial charge in [0.2, 0.25) is 0 Å². The normalized spacial score (nSPS) is 18.3. The molecule has 1 fully saturated rings. The van der Waals surface area contributed by atoms with E-state index in [2.05, 4.69) is 5.32 Å². The second-order valence-electron chi connectivity index (χ2n) is 5.48. The summed E-state index contributed by atoms with van der Waals surface area (Å²) in [6, 6.07) is 7.65. The van der Waals surface area contributed by atoms with Gasteiger partial charge in [0.25, 0.3) is 0 Å². The fraction of sp³-hybridized carbons (Fsp3) is 0.562. The van der Waals surface area contributed by atoms with Gasteiger partial charge in [-0.3, -0.25) is 0 Å². The highest BCUT2D eigenvalue weighted by Crippen LogP contribution is 2.13. The van der Waals surface area contributed by atoms with Gasteiger partial charge in [0, 0.05) is 31.8 Å². The van der Waals surface area contributed by atoms with Crippen molar-refractivity contribution in [3.8, 4) is 0 Å². The second-order valence-corrected chi connectivity index (χ2v) is 5.91. The first-order chi connectivity index (χ1) is 10.1. The molecule has 1 N–H and O–H groups in total. The number of carbonyl (C=O) groups is 1. The van der Waals surface area contributed by atoms with Crippen molar-refractivity contribution < 1.29 is 9.53 Å². The zero-order valence-electron chi connectivity index (χ0n) is 12.5. The van der Waals surface area contributed by atoms with Gasteiger partial charge < -0.3 is 15.0 Å². The molecule has 116 valence electrons. The maximum Gasteiger partial charge on any atom is 0.317 e. The number of amides is 2. The van der Waals surface area contributed by atoms with E-state index in [4.69, 9.17) is 16.3 Å². The van der Waals surface area contributed by atoms with Crippen LogP contribution in [0.4, 0.5) is 4.79 Å². The number of hydrogen-bond donors (Lipinski definition) is 1. The molecule has 1 heterocycles. The Morgan fingerprint density at radius 3 is 2.81 bits per heavy atom. The number of hydrogen-bond acceptors (Lipinski definition) is 2. The molecule has 0 saturated carbocycles. The summed E-state index contributed by atoms with van der Waals surface area (Å²) >= 11 is 5.84. The minimum absolute atomic E-state index is 0.0434. The number of carbonyl (C=O) groups excluding carboxylic acids is 1. The molecule has 2 rings (SSSR count). The van der Waals surface area contributed by atoms with E-state index >= 15 is 0 Å². The number of nitrogens with one attached hydrogen (secondary N) is 1. The van der Waals surface area contributed by atoms with Gasteiger partial charge in [-0.2, -0.15) is 0 Å². The van der Waals surface area contributed by atoms with Crippen LogP contribution in [0.25, 0.3) is 0 Å². The van der Waals surface area contributed by atoms with Crippen LogP contribution >= 0.6 is 11.6 Å². The molecular weight excluding hydrogens is 288 g/mol. The largest absolute Gasteiger partial charge is 0.376 e. The van der Waals surface area contributed by atoms with Crippen molar-refractivity contribution in [2.75, 3.05) is 26.7 Å². The predicted molar refractivity (Wildman–Crippen MR) is 84.8 cm³/mol. The molecule has 0 aliphatic carbocycles. The van der Waals surface area contributed by atoms with Gasteiger partial charge in [-0.15, -0.1) is 0 Å². The summed E-state index contributed by atoms with van der Waals surface area (Å²) in [4.78, 5) is 13.7. The van der Waals surface area contributed by atoms with Crippen molar-refractivity contribution in [3.05, 3.63) is 34.9 Å². The smallest absolute Gasteiger partial charge is 0.317 e. The van der Waals surface area contributed by atoms with Crippen molar-refractivity contribution in [2.24, 2.45) is 0 Å². The molecule has 1 unspecified atom stereocenters. The lowest BCUT2D eigenvalue weighted by atomic mass is 10.1. The Morgan fingerprint density at radius 1 is 1.38 bits per heavy atom. The van der Waals surface area contributed by atoms with E-state index in [1.54, 1.807) is 4.90 Å². The molecule has 0 aromatic heterocycles. The topological polar surface area (TPSA) is 41.6 Å². The summed E-state index contributed by atoms with van der Waals surface area (Å²) in [5.74, 6) is 0. The van der Waals surface area contributed by atoms with E-state index in [1.807, 2.05) is 31.3 Å². The fourth-order valence-corrected chi connectivity index (χ4v) is 2.57. The molecule has 0 radical (unpaired) electrons. The van der Waals surface area contributed by atoms with Crippen molar-refractivity contribution in [3.63, 3.8) is 0 Å². The molecule has 1 aromatic carbocycles. The molecule has 0 bridgehead atoms. The van der Waals surface area contributed by atoms with Crippen LogP contribution in [-0.4, -0.2) is 43.8 Å². The van der Waals surface area contributed by atoms with Gasteiger partial charge >= 0.3 is 6.03 Å². The number of rotatable bonds is 5. The molecule has 1 aliphatic heterocycles. The van der Waals surface area contributed by atoms with E-state index in [-0.39, 0.29) is 12.1 Å². The van der Waals surface area contributed by atoms with Crippen LogP contribution in [0.1, 0.15) is 24.8 Å². The molecule has 4 nitrogen and oxygen atoms in total. The maximum absolute atomic E-state index is 12.0. The van der Waals surface area contributed by atoms with Crippen LogP contribution in [0.3, 0.4) is 0 Å².